The van der Waals surface area contributed by atoms with Crippen LogP contribution in [0.3, 0.4) is 0 Å². The maximum absolute atomic E-state index is 13.5. The summed E-state index contributed by atoms with van der Waals surface area (Å²) in [7, 11) is 0. The number of halogens is 3. The zero-order chi connectivity index (χ0) is 17.9. The van der Waals surface area contributed by atoms with Gasteiger partial charge in [0.1, 0.15) is 0 Å². The van der Waals surface area contributed by atoms with E-state index >= 15 is 0 Å². The average molecular weight is 344 g/mol. The highest BCUT2D eigenvalue weighted by Crippen LogP contribution is 2.21. The molecule has 1 fully saturated rings. The lowest BCUT2D eigenvalue weighted by Crippen LogP contribution is -2.49. The summed E-state index contributed by atoms with van der Waals surface area (Å²) < 4.78 is 39.5. The first kappa shape index (κ1) is 18.1. The third-order valence-corrected chi connectivity index (χ3v) is 4.08. The van der Waals surface area contributed by atoms with Crippen molar-refractivity contribution in [1.29, 1.82) is 0 Å². The van der Waals surface area contributed by atoms with Crippen LogP contribution in [0.4, 0.5) is 18.0 Å². The van der Waals surface area contributed by atoms with Crippen LogP contribution >= 0.6 is 0 Å². The van der Waals surface area contributed by atoms with Gasteiger partial charge in [-0.05, 0) is 30.4 Å². The summed E-state index contributed by atoms with van der Waals surface area (Å²) in [6, 6.07) is 1.51. The fourth-order valence-corrected chi connectivity index (χ4v) is 2.87. The summed E-state index contributed by atoms with van der Waals surface area (Å²) in [5.74, 6) is -5.54. The second-order valence-electron chi connectivity index (χ2n) is 6.10. The molecule has 0 aliphatic carbocycles. The number of benzene rings is 1. The van der Waals surface area contributed by atoms with Crippen molar-refractivity contribution in [2.45, 2.75) is 19.8 Å². The second kappa shape index (κ2) is 7.55. The van der Waals surface area contributed by atoms with Gasteiger partial charge in [0.25, 0.3) is 0 Å². The second-order valence-corrected chi connectivity index (χ2v) is 6.10. The van der Waals surface area contributed by atoms with Crippen molar-refractivity contribution < 1.29 is 27.9 Å². The van der Waals surface area contributed by atoms with Gasteiger partial charge in [-0.3, -0.25) is 4.79 Å². The van der Waals surface area contributed by atoms with Crippen LogP contribution in [0.2, 0.25) is 0 Å². The highest BCUT2D eigenvalue weighted by molar-refractivity contribution is 5.76. The van der Waals surface area contributed by atoms with Crippen LogP contribution in [0, 0.1) is 29.3 Å². The zero-order valence-corrected chi connectivity index (χ0v) is 13.2. The van der Waals surface area contributed by atoms with Gasteiger partial charge in [-0.15, -0.1) is 0 Å². The third kappa shape index (κ3) is 4.18. The minimum atomic E-state index is -1.53. The van der Waals surface area contributed by atoms with E-state index in [1.165, 1.54) is 4.90 Å². The number of urea groups is 1. The predicted octanol–water partition coefficient (Wildman–Crippen LogP) is 2.40. The summed E-state index contributed by atoms with van der Waals surface area (Å²) in [5.41, 5.74) is -0.0374. The summed E-state index contributed by atoms with van der Waals surface area (Å²) in [4.78, 5) is 24.6. The van der Waals surface area contributed by atoms with Gasteiger partial charge >= 0.3 is 12.0 Å². The Kier molecular flexibility index (Phi) is 5.69. The maximum atomic E-state index is 13.5. The monoisotopic (exact) mass is 344 g/mol. The average Bonchev–Trinajstić information content (AvgIpc) is 2.54. The van der Waals surface area contributed by atoms with Crippen molar-refractivity contribution in [3.8, 4) is 0 Å². The molecule has 0 saturated carbocycles. The normalized spacial score (nSPS) is 20.8. The third-order valence-electron chi connectivity index (χ3n) is 4.08. The number of hydrogen-bond donors (Lipinski definition) is 2. The van der Waals surface area contributed by atoms with E-state index in [9.17, 15) is 22.8 Å². The number of piperidine rings is 1. The predicted molar refractivity (Wildman–Crippen MR) is 79.9 cm³/mol. The molecule has 1 aromatic rings. The van der Waals surface area contributed by atoms with Gasteiger partial charge in [0, 0.05) is 19.6 Å². The minimum Gasteiger partial charge on any atom is -0.481 e. The van der Waals surface area contributed by atoms with Crippen LogP contribution in [-0.2, 0) is 11.2 Å². The minimum absolute atomic E-state index is 0.000522. The smallest absolute Gasteiger partial charge is 0.317 e. The first-order valence-electron chi connectivity index (χ1n) is 7.67. The van der Waals surface area contributed by atoms with Crippen LogP contribution in [0.5, 0.6) is 0 Å². The van der Waals surface area contributed by atoms with Crippen molar-refractivity contribution in [2.75, 3.05) is 19.6 Å². The lowest BCUT2D eigenvalue weighted by molar-refractivity contribution is -0.143. The fourth-order valence-electron chi connectivity index (χ4n) is 2.87. The van der Waals surface area contributed by atoms with Crippen LogP contribution < -0.4 is 5.32 Å². The molecule has 1 aliphatic heterocycles. The summed E-state index contributed by atoms with van der Waals surface area (Å²) >= 11 is 0. The Hall–Kier alpha value is -2.25. The van der Waals surface area contributed by atoms with Gasteiger partial charge in [-0.25, -0.2) is 18.0 Å². The Morgan fingerprint density at radius 3 is 2.62 bits per heavy atom. The van der Waals surface area contributed by atoms with Crippen LogP contribution in [0.1, 0.15) is 18.9 Å². The van der Waals surface area contributed by atoms with E-state index in [1.54, 1.807) is 0 Å². The molecule has 132 valence electrons. The summed E-state index contributed by atoms with van der Waals surface area (Å²) in [6.45, 7) is 2.45. The molecule has 2 amide bonds. The van der Waals surface area contributed by atoms with E-state index in [1.807, 2.05) is 6.92 Å². The molecule has 0 aromatic heterocycles. The Labute approximate surface area is 137 Å². The van der Waals surface area contributed by atoms with Crippen molar-refractivity contribution in [3.05, 3.63) is 35.1 Å². The first-order valence-corrected chi connectivity index (χ1v) is 7.67. The Morgan fingerprint density at radius 1 is 1.25 bits per heavy atom. The number of nitrogens with zero attached hydrogens (tertiary/aromatic N) is 1. The number of carbonyl (C=O) groups excluding carboxylic acids is 1. The number of carboxylic acids is 1. The molecule has 2 rings (SSSR count). The molecule has 1 aliphatic rings. The van der Waals surface area contributed by atoms with E-state index in [0.29, 0.717) is 13.0 Å². The molecule has 1 heterocycles. The van der Waals surface area contributed by atoms with Gasteiger partial charge < -0.3 is 15.3 Å². The summed E-state index contributed by atoms with van der Waals surface area (Å²) in [5, 5.41) is 11.6. The first-order chi connectivity index (χ1) is 11.3. The molecule has 0 bridgehead atoms. The molecule has 1 saturated heterocycles. The van der Waals surface area contributed by atoms with E-state index in [0.717, 1.165) is 12.1 Å². The zero-order valence-electron chi connectivity index (χ0n) is 13.2. The molecular formula is C16H19F3N2O3. The topological polar surface area (TPSA) is 69.6 Å². The molecule has 5 nitrogen and oxygen atoms in total. The van der Waals surface area contributed by atoms with E-state index in [-0.39, 0.29) is 31.0 Å². The number of rotatable bonds is 4. The van der Waals surface area contributed by atoms with E-state index in [4.69, 9.17) is 5.11 Å². The quantitative estimate of drug-likeness (QED) is 0.824. The number of likely N-dealkylation sites (tertiary alicyclic amines) is 1. The number of hydrogen-bond acceptors (Lipinski definition) is 2. The number of carboxylic acid groups (broad SMARTS) is 1. The molecule has 0 spiro atoms. The molecule has 2 unspecified atom stereocenters. The molecular weight excluding hydrogens is 325 g/mol. The molecule has 2 atom stereocenters. The number of carbonyl (C=O) groups is 2. The van der Waals surface area contributed by atoms with Gasteiger partial charge in [-0.1, -0.05) is 13.0 Å². The van der Waals surface area contributed by atoms with Gasteiger partial charge in [0.05, 0.1) is 5.92 Å². The Morgan fingerprint density at radius 2 is 1.96 bits per heavy atom. The van der Waals surface area contributed by atoms with Crippen molar-refractivity contribution in [3.63, 3.8) is 0 Å². The van der Waals surface area contributed by atoms with Gasteiger partial charge in [0.15, 0.2) is 17.5 Å². The van der Waals surface area contributed by atoms with Crippen LogP contribution in [-0.4, -0.2) is 41.6 Å². The van der Waals surface area contributed by atoms with Crippen molar-refractivity contribution in [2.24, 2.45) is 11.8 Å². The Bertz CT molecular complexity index is 639. The molecule has 0 radical (unpaired) electrons. The number of amides is 2. The molecule has 1 aromatic carbocycles. The number of aliphatic carboxylic acids is 1. The maximum Gasteiger partial charge on any atom is 0.317 e. The van der Waals surface area contributed by atoms with E-state index < -0.39 is 35.4 Å². The standard InChI is InChI=1S/C16H19F3N2O3/c1-9-6-11(15(22)23)8-21(7-9)16(24)20-5-4-10-2-3-12(17)14(19)13(10)18/h2-3,9,11H,4-8H2,1H3,(H,20,24)(H,22,23). The van der Waals surface area contributed by atoms with Crippen molar-refractivity contribution >= 4 is 12.0 Å². The molecule has 2 N–H and O–H groups in total. The molecule has 8 heteroatoms. The van der Waals surface area contributed by atoms with Gasteiger partial charge in [-0.2, -0.15) is 0 Å². The van der Waals surface area contributed by atoms with E-state index in [2.05, 4.69) is 5.32 Å². The lowest BCUT2D eigenvalue weighted by atomic mass is 9.91. The Balaban J connectivity index is 1.89. The largest absolute Gasteiger partial charge is 0.481 e. The SMILES string of the molecule is CC1CC(C(=O)O)CN(C(=O)NCCc2ccc(F)c(F)c2F)C1. The summed E-state index contributed by atoms with van der Waals surface area (Å²) in [6.07, 6.45) is 0.514. The van der Waals surface area contributed by atoms with Gasteiger partial charge in [0.2, 0.25) is 0 Å². The highest BCUT2D eigenvalue weighted by atomic mass is 19.2. The highest BCUT2D eigenvalue weighted by Gasteiger charge is 2.31. The van der Waals surface area contributed by atoms with Crippen molar-refractivity contribution in [1.82, 2.24) is 10.2 Å². The fraction of sp³-hybridized carbons (Fsp3) is 0.500. The lowest BCUT2D eigenvalue weighted by Gasteiger charge is -2.34. The van der Waals surface area contributed by atoms with Crippen LogP contribution in [0.25, 0.3) is 0 Å². The number of nitrogens with one attached hydrogen (secondary N) is 1. The molecule has 24 heavy (non-hydrogen) atoms. The van der Waals surface area contributed by atoms with Crippen LogP contribution in [0.15, 0.2) is 12.1 Å².